The minimum absolute atomic E-state index is 0.0459. The van der Waals surface area contributed by atoms with E-state index in [9.17, 15) is 24.0 Å². The van der Waals surface area contributed by atoms with Crippen LogP contribution in [0, 0.1) is 0 Å². The van der Waals surface area contributed by atoms with E-state index >= 15 is 0 Å². The van der Waals surface area contributed by atoms with Crippen LogP contribution >= 0.6 is 0 Å². The monoisotopic (exact) mass is 957 g/mol. The van der Waals surface area contributed by atoms with Crippen molar-refractivity contribution in [3.05, 3.63) is 29.8 Å². The molecule has 0 aliphatic carbocycles. The summed E-state index contributed by atoms with van der Waals surface area (Å²) in [5.74, 6) is 1.13. The summed E-state index contributed by atoms with van der Waals surface area (Å²) in [4.78, 5) is 86.0. The molecule has 5 amide bonds. The summed E-state index contributed by atoms with van der Waals surface area (Å²) in [7, 11) is 0. The highest BCUT2D eigenvalue weighted by Crippen LogP contribution is 2.22. The Labute approximate surface area is 404 Å². The zero-order valence-corrected chi connectivity index (χ0v) is 43.5. The first-order valence-corrected chi connectivity index (χ1v) is 23.8. The zero-order chi connectivity index (χ0) is 51.1. The smallest absolute Gasteiger partial charge is 0.437 e. The van der Waals surface area contributed by atoms with Crippen molar-refractivity contribution >= 4 is 48.2 Å². The lowest BCUT2D eigenvalue weighted by Gasteiger charge is -2.34. The molecule has 2 aliphatic heterocycles. The third-order valence-electron chi connectivity index (χ3n) is 9.21. The van der Waals surface area contributed by atoms with Crippen molar-refractivity contribution < 1.29 is 52.4 Å². The van der Waals surface area contributed by atoms with E-state index in [0.29, 0.717) is 75.1 Å². The number of carbonyl (C=O) groups excluding carboxylic acids is 5. The topological polar surface area (TPSA) is 203 Å². The lowest BCUT2D eigenvalue weighted by Crippen LogP contribution is -2.53. The van der Waals surface area contributed by atoms with Gasteiger partial charge in [-0.05, 0) is 147 Å². The van der Waals surface area contributed by atoms with Gasteiger partial charge in [0.1, 0.15) is 46.2 Å². The maximum atomic E-state index is 14.1. The maximum absolute atomic E-state index is 14.1. The van der Waals surface area contributed by atoms with Gasteiger partial charge in [-0.25, -0.2) is 38.7 Å². The molecule has 1 N–H and O–H groups in total. The zero-order valence-electron chi connectivity index (χ0n) is 43.5. The largest absolute Gasteiger partial charge is 0.492 e. The minimum Gasteiger partial charge on any atom is -0.492 e. The molecule has 0 fully saturated rings. The number of nitrogens with one attached hydrogen (secondary N) is 1. The van der Waals surface area contributed by atoms with E-state index in [1.54, 1.807) is 86.6 Å². The molecule has 0 saturated carbocycles. The number of amidine groups is 1. The average Bonchev–Trinajstić information content (AvgIpc) is 3.65. The fraction of sp³-hybridized carbons (Fsp3) is 0.714. The van der Waals surface area contributed by atoms with Gasteiger partial charge >= 0.3 is 30.5 Å². The van der Waals surface area contributed by atoms with Crippen LogP contribution in [-0.4, -0.2) is 148 Å². The Balaban J connectivity index is 1.79. The van der Waals surface area contributed by atoms with E-state index in [4.69, 9.17) is 28.4 Å². The Morgan fingerprint density at radius 1 is 0.588 bits per heavy atom. The molecule has 0 aromatic heterocycles. The number of unbranched alkanes of at least 4 members (excludes halogenated alkanes) is 5. The molecule has 0 atom stereocenters. The van der Waals surface area contributed by atoms with Crippen LogP contribution in [0.25, 0.3) is 0 Å². The molecule has 0 bridgehead atoms. The maximum Gasteiger partial charge on any atom is 0.437 e. The number of amides is 5. The molecule has 0 radical (unpaired) electrons. The highest BCUT2D eigenvalue weighted by molar-refractivity contribution is 6.07. The summed E-state index contributed by atoms with van der Waals surface area (Å²) in [6, 6.07) is 7.01. The number of benzene rings is 1. The van der Waals surface area contributed by atoms with Crippen molar-refractivity contribution in [3.63, 3.8) is 0 Å². The van der Waals surface area contributed by atoms with Gasteiger partial charge < -0.3 is 33.7 Å². The van der Waals surface area contributed by atoms with E-state index in [1.807, 2.05) is 41.5 Å². The summed E-state index contributed by atoms with van der Waals surface area (Å²) >= 11 is 0. The predicted octanol–water partition coefficient (Wildman–Crippen LogP) is 9.76. The van der Waals surface area contributed by atoms with Gasteiger partial charge in [-0.3, -0.25) is 14.9 Å². The number of nitrogens with zero attached hydrogens (tertiary/aromatic N) is 7. The second kappa shape index (κ2) is 24.6. The third kappa shape index (κ3) is 21.1. The van der Waals surface area contributed by atoms with Gasteiger partial charge in [-0.2, -0.15) is 0 Å². The van der Waals surface area contributed by atoms with Crippen LogP contribution in [0.15, 0.2) is 39.2 Å². The molecule has 19 nitrogen and oxygen atoms in total. The van der Waals surface area contributed by atoms with E-state index in [0.717, 1.165) is 30.6 Å². The Morgan fingerprint density at radius 3 is 1.63 bits per heavy atom. The quantitative estimate of drug-likeness (QED) is 0.0802. The SMILES string of the molecule is CC(C)(C)OC(=O)/N=C(/N(CCCCCCCCNC1=NCCN1C(=O)OC(C)(C)C)C(=O)OC(C)(C)C)N(CCOc1ccc(C2=NCCCN2C(=O)OC(C)(C)C)cc1)C(=O)OC(C)(C)C. The van der Waals surface area contributed by atoms with Crippen molar-refractivity contribution in [2.24, 2.45) is 15.0 Å². The van der Waals surface area contributed by atoms with Gasteiger partial charge in [0, 0.05) is 31.7 Å². The summed E-state index contributed by atoms with van der Waals surface area (Å²) in [6.45, 7) is 28.6. The summed E-state index contributed by atoms with van der Waals surface area (Å²) < 4.78 is 34.5. The number of carbonyl (C=O) groups is 5. The molecule has 0 unspecified atom stereocenters. The molecule has 1 aromatic carbocycles. The van der Waals surface area contributed by atoms with Gasteiger partial charge in [0.25, 0.3) is 0 Å². The summed E-state index contributed by atoms with van der Waals surface area (Å²) in [6.07, 6.45) is 1.75. The first-order valence-electron chi connectivity index (χ1n) is 23.8. The van der Waals surface area contributed by atoms with Gasteiger partial charge in [-0.15, -0.1) is 4.99 Å². The molecule has 68 heavy (non-hydrogen) atoms. The number of guanidine groups is 2. The second-order valence-corrected chi connectivity index (χ2v) is 21.6. The van der Waals surface area contributed by atoms with E-state index in [1.165, 1.54) is 14.7 Å². The van der Waals surface area contributed by atoms with Crippen LogP contribution in [0.3, 0.4) is 0 Å². The molecule has 382 valence electrons. The molecule has 0 saturated heterocycles. The van der Waals surface area contributed by atoms with Gasteiger partial charge in [0.05, 0.1) is 19.6 Å². The highest BCUT2D eigenvalue weighted by atomic mass is 16.6. The van der Waals surface area contributed by atoms with Gasteiger partial charge in [0.2, 0.25) is 11.9 Å². The van der Waals surface area contributed by atoms with Crippen LogP contribution < -0.4 is 10.1 Å². The molecule has 3 rings (SSSR count). The molecule has 19 heteroatoms. The van der Waals surface area contributed by atoms with Crippen molar-refractivity contribution in [2.45, 2.75) is 177 Å². The Hall–Kier alpha value is -5.62. The number of hydrogen-bond donors (Lipinski definition) is 1. The second-order valence-electron chi connectivity index (χ2n) is 21.6. The molecule has 0 spiro atoms. The fourth-order valence-electron chi connectivity index (χ4n) is 6.51. The fourth-order valence-corrected chi connectivity index (χ4v) is 6.51. The number of rotatable bonds is 14. The molecular weight excluding hydrogens is 877 g/mol. The average molecular weight is 957 g/mol. The molecular formula is C49H80N8O11. The number of ether oxygens (including phenoxy) is 6. The van der Waals surface area contributed by atoms with E-state index in [-0.39, 0.29) is 25.7 Å². The van der Waals surface area contributed by atoms with Crippen LogP contribution in [0.4, 0.5) is 24.0 Å². The van der Waals surface area contributed by atoms with E-state index < -0.39 is 58.5 Å². The number of hydrogen-bond acceptors (Lipinski definition) is 14. The van der Waals surface area contributed by atoms with Crippen LogP contribution in [0.5, 0.6) is 5.75 Å². The number of aliphatic imine (C=N–C) groups is 3. The molecule has 2 heterocycles. The van der Waals surface area contributed by atoms with Crippen molar-refractivity contribution in [1.29, 1.82) is 0 Å². The Morgan fingerprint density at radius 2 is 1.09 bits per heavy atom. The van der Waals surface area contributed by atoms with Crippen molar-refractivity contribution in [2.75, 3.05) is 52.4 Å². The predicted molar refractivity (Wildman–Crippen MR) is 261 cm³/mol. The summed E-state index contributed by atoms with van der Waals surface area (Å²) in [5, 5.41) is 3.27. The standard InChI is InChI=1S/C49H80N8O11/c1-45(2,3)64-40(58)53-39(56(43(61)67-48(10,11)12)30-21-19-17-16-18-20-27-51-38-52-29-32-55(38)42(60)66-47(7,8)9)57(44(62)68-49(13,14)15)33-34-63-36-25-23-35(24-26-36)37-50-28-22-31-54(37)41(59)65-46(4,5)6/h23-26H,16-22,27-34H2,1-15H3,(H,51,52)/b53-39-. The first-order chi connectivity index (χ1) is 31.4. The Bertz CT molecular complexity index is 1950. The van der Waals surface area contributed by atoms with Crippen LogP contribution in [0.1, 0.15) is 154 Å². The Kier molecular flexibility index (Phi) is 20.5. The molecule has 2 aliphatic rings. The first kappa shape index (κ1) is 56.7. The van der Waals surface area contributed by atoms with Crippen LogP contribution in [0.2, 0.25) is 0 Å². The minimum atomic E-state index is -1.02. The lowest BCUT2D eigenvalue weighted by atomic mass is 10.1. The highest BCUT2D eigenvalue weighted by Gasteiger charge is 2.36. The van der Waals surface area contributed by atoms with Crippen LogP contribution in [-0.2, 0) is 23.7 Å². The van der Waals surface area contributed by atoms with Crippen molar-refractivity contribution in [1.82, 2.24) is 24.9 Å². The third-order valence-corrected chi connectivity index (χ3v) is 9.21. The normalized spacial score (nSPS) is 14.9. The summed E-state index contributed by atoms with van der Waals surface area (Å²) in [5.41, 5.74) is -3.43. The lowest BCUT2D eigenvalue weighted by molar-refractivity contribution is 0.0257. The van der Waals surface area contributed by atoms with E-state index in [2.05, 4.69) is 20.3 Å². The van der Waals surface area contributed by atoms with Gasteiger partial charge in [0.15, 0.2) is 0 Å². The van der Waals surface area contributed by atoms with Crippen molar-refractivity contribution in [3.8, 4) is 5.75 Å². The molecule has 1 aromatic rings. The van der Waals surface area contributed by atoms with Gasteiger partial charge in [-0.1, -0.05) is 25.7 Å².